The molecule has 0 spiro atoms. The molecule has 0 aromatic carbocycles. The van der Waals surface area contributed by atoms with Crippen molar-refractivity contribution in [1.29, 1.82) is 0 Å². The number of pyridine rings is 1. The molecule has 1 amide bonds. The molecule has 4 nitrogen and oxygen atoms in total. The van der Waals surface area contributed by atoms with Gasteiger partial charge in [-0.3, -0.25) is 9.59 Å². The zero-order valence-corrected chi connectivity index (χ0v) is 12.5. The number of rotatable bonds is 4. The van der Waals surface area contributed by atoms with Crippen LogP contribution in [-0.2, 0) is 6.42 Å². The summed E-state index contributed by atoms with van der Waals surface area (Å²) in [5, 5.41) is 0. The Bertz CT molecular complexity index is 464. The molecule has 1 N–H and O–H groups in total. The number of halogens is 1. The number of carbonyl (C=O) groups excluding carboxylic acids is 1. The molecular formula is C12H17IN2O2. The Morgan fingerprint density at radius 1 is 1.35 bits per heavy atom. The fourth-order valence-electron chi connectivity index (χ4n) is 1.64. The van der Waals surface area contributed by atoms with E-state index in [1.165, 1.54) is 0 Å². The molecule has 0 bridgehead atoms. The van der Waals surface area contributed by atoms with Gasteiger partial charge in [0.15, 0.2) is 0 Å². The average Bonchev–Trinajstić information content (AvgIpc) is 2.32. The molecule has 0 radical (unpaired) electrons. The van der Waals surface area contributed by atoms with Crippen molar-refractivity contribution in [2.75, 3.05) is 13.1 Å². The summed E-state index contributed by atoms with van der Waals surface area (Å²) in [5.41, 5.74) is 0.821. The molecule has 0 saturated heterocycles. The van der Waals surface area contributed by atoms with E-state index in [0.717, 1.165) is 15.7 Å². The van der Waals surface area contributed by atoms with Gasteiger partial charge < -0.3 is 9.88 Å². The number of carbonyl (C=O) groups is 1. The number of hydrogen-bond donors (Lipinski definition) is 1. The third-order valence-corrected chi connectivity index (χ3v) is 3.67. The van der Waals surface area contributed by atoms with Crippen molar-refractivity contribution in [2.45, 2.75) is 27.2 Å². The Morgan fingerprint density at radius 3 is 2.41 bits per heavy atom. The number of nitrogens with zero attached hydrogens (tertiary/aromatic N) is 1. The van der Waals surface area contributed by atoms with Crippen LogP contribution in [0.2, 0.25) is 0 Å². The van der Waals surface area contributed by atoms with Gasteiger partial charge in [-0.25, -0.2) is 0 Å². The zero-order chi connectivity index (χ0) is 13.0. The molecule has 0 atom stereocenters. The third kappa shape index (κ3) is 3.08. The maximum absolute atomic E-state index is 12.1. The summed E-state index contributed by atoms with van der Waals surface area (Å²) in [4.78, 5) is 28.3. The predicted octanol–water partition coefficient (Wildman–Crippen LogP) is 2.02. The molecule has 5 heteroatoms. The normalized spacial score (nSPS) is 10.4. The second-order valence-electron chi connectivity index (χ2n) is 3.67. The minimum Gasteiger partial charge on any atom is -0.339 e. The maximum atomic E-state index is 12.1. The molecule has 1 aromatic rings. The van der Waals surface area contributed by atoms with Crippen LogP contribution in [0.1, 0.15) is 36.8 Å². The quantitative estimate of drug-likeness (QED) is 0.847. The second kappa shape index (κ2) is 6.18. The van der Waals surface area contributed by atoms with Gasteiger partial charge in [0.05, 0.1) is 0 Å². The van der Waals surface area contributed by atoms with Gasteiger partial charge in [0, 0.05) is 22.4 Å². The van der Waals surface area contributed by atoms with Crippen LogP contribution < -0.4 is 5.56 Å². The number of H-pyrrole nitrogens is 1. The number of hydrogen-bond acceptors (Lipinski definition) is 2. The largest absolute Gasteiger partial charge is 0.339 e. The standard InChI is InChI=1S/C12H17IN2O2/c1-4-10-9(13)7-8(11(16)14-10)12(17)15(5-2)6-3/h7H,4-6H2,1-3H3,(H,14,16). The lowest BCUT2D eigenvalue weighted by Gasteiger charge is -2.18. The van der Waals surface area contributed by atoms with Gasteiger partial charge in [-0.15, -0.1) is 0 Å². The summed E-state index contributed by atoms with van der Waals surface area (Å²) in [6, 6.07) is 1.68. The van der Waals surface area contributed by atoms with E-state index in [9.17, 15) is 9.59 Å². The van der Waals surface area contributed by atoms with Gasteiger partial charge in [0.1, 0.15) is 5.56 Å². The number of nitrogens with one attached hydrogen (secondary N) is 1. The van der Waals surface area contributed by atoms with E-state index in [2.05, 4.69) is 27.6 Å². The maximum Gasteiger partial charge on any atom is 0.261 e. The molecule has 0 aliphatic heterocycles. The molecule has 1 aromatic heterocycles. The highest BCUT2D eigenvalue weighted by molar-refractivity contribution is 14.1. The average molecular weight is 348 g/mol. The van der Waals surface area contributed by atoms with Crippen molar-refractivity contribution < 1.29 is 4.79 Å². The van der Waals surface area contributed by atoms with Crippen molar-refractivity contribution in [2.24, 2.45) is 0 Å². The van der Waals surface area contributed by atoms with Crippen molar-refractivity contribution >= 4 is 28.5 Å². The lowest BCUT2D eigenvalue weighted by Crippen LogP contribution is -2.35. The molecular weight excluding hydrogens is 331 g/mol. The minimum atomic E-state index is -0.292. The lowest BCUT2D eigenvalue weighted by molar-refractivity contribution is 0.0771. The number of aryl methyl sites for hydroxylation is 1. The monoisotopic (exact) mass is 348 g/mol. The van der Waals surface area contributed by atoms with Gasteiger partial charge >= 0.3 is 0 Å². The molecule has 0 unspecified atom stereocenters. The summed E-state index contributed by atoms with van der Waals surface area (Å²) in [6.45, 7) is 7.00. The Balaban J connectivity index is 3.19. The first-order chi connectivity index (χ1) is 8.04. The zero-order valence-electron chi connectivity index (χ0n) is 10.3. The van der Waals surface area contributed by atoms with E-state index in [1.807, 2.05) is 20.8 Å². The van der Waals surface area contributed by atoms with E-state index >= 15 is 0 Å². The van der Waals surface area contributed by atoms with Crippen LogP contribution in [-0.4, -0.2) is 28.9 Å². The van der Waals surface area contributed by atoms with Crippen LogP contribution in [0.3, 0.4) is 0 Å². The van der Waals surface area contributed by atoms with Crippen LogP contribution in [0, 0.1) is 3.57 Å². The Labute approximate surface area is 115 Å². The lowest BCUT2D eigenvalue weighted by atomic mass is 10.2. The number of aromatic nitrogens is 1. The molecule has 0 fully saturated rings. The first-order valence-corrected chi connectivity index (χ1v) is 6.83. The van der Waals surface area contributed by atoms with Crippen LogP contribution >= 0.6 is 22.6 Å². The van der Waals surface area contributed by atoms with Crippen molar-refractivity contribution in [3.63, 3.8) is 0 Å². The SMILES string of the molecule is CCc1[nH]c(=O)c(C(=O)N(CC)CC)cc1I. The predicted molar refractivity (Wildman–Crippen MR) is 76.4 cm³/mol. The molecule has 1 rings (SSSR count). The van der Waals surface area contributed by atoms with Crippen LogP contribution in [0.15, 0.2) is 10.9 Å². The summed E-state index contributed by atoms with van der Waals surface area (Å²) >= 11 is 2.14. The molecule has 0 aliphatic carbocycles. The van der Waals surface area contributed by atoms with E-state index in [1.54, 1.807) is 11.0 Å². The van der Waals surface area contributed by atoms with E-state index in [4.69, 9.17) is 0 Å². The van der Waals surface area contributed by atoms with Gasteiger partial charge in [-0.2, -0.15) is 0 Å². The number of aromatic amines is 1. The van der Waals surface area contributed by atoms with Gasteiger partial charge in [0.2, 0.25) is 0 Å². The molecule has 0 saturated carbocycles. The van der Waals surface area contributed by atoms with Crippen LogP contribution in [0.25, 0.3) is 0 Å². The van der Waals surface area contributed by atoms with E-state index in [-0.39, 0.29) is 17.0 Å². The molecule has 1 heterocycles. The van der Waals surface area contributed by atoms with Gasteiger partial charge in [0.25, 0.3) is 11.5 Å². The van der Waals surface area contributed by atoms with Gasteiger partial charge in [-0.1, -0.05) is 6.92 Å². The Morgan fingerprint density at radius 2 is 1.94 bits per heavy atom. The van der Waals surface area contributed by atoms with Crippen molar-refractivity contribution in [1.82, 2.24) is 9.88 Å². The summed E-state index contributed by atoms with van der Waals surface area (Å²) in [5.74, 6) is -0.197. The smallest absolute Gasteiger partial charge is 0.261 e. The van der Waals surface area contributed by atoms with E-state index < -0.39 is 0 Å². The first-order valence-electron chi connectivity index (χ1n) is 5.76. The molecule has 17 heavy (non-hydrogen) atoms. The van der Waals surface area contributed by atoms with Gasteiger partial charge in [-0.05, 0) is 48.9 Å². The highest BCUT2D eigenvalue weighted by atomic mass is 127. The molecule has 94 valence electrons. The summed E-state index contributed by atoms with van der Waals surface area (Å²) in [7, 11) is 0. The first kappa shape index (κ1) is 14.2. The van der Waals surface area contributed by atoms with Crippen LogP contribution in [0.4, 0.5) is 0 Å². The Hall–Kier alpha value is -0.850. The second-order valence-corrected chi connectivity index (χ2v) is 4.83. The summed E-state index contributed by atoms with van der Waals surface area (Å²) < 4.78 is 0.931. The van der Waals surface area contributed by atoms with Crippen molar-refractivity contribution in [3.8, 4) is 0 Å². The minimum absolute atomic E-state index is 0.197. The highest BCUT2D eigenvalue weighted by Gasteiger charge is 2.17. The summed E-state index contributed by atoms with van der Waals surface area (Å²) in [6.07, 6.45) is 0.757. The topological polar surface area (TPSA) is 53.2 Å². The highest BCUT2D eigenvalue weighted by Crippen LogP contribution is 2.11. The fourth-order valence-corrected chi connectivity index (χ4v) is 2.47. The third-order valence-electron chi connectivity index (χ3n) is 2.70. The number of amides is 1. The van der Waals surface area contributed by atoms with E-state index in [0.29, 0.717) is 13.1 Å². The van der Waals surface area contributed by atoms with Crippen molar-refractivity contribution in [3.05, 3.63) is 31.2 Å². The van der Waals surface area contributed by atoms with Crippen LogP contribution in [0.5, 0.6) is 0 Å². The Kier molecular flexibility index (Phi) is 5.17. The molecule has 0 aliphatic rings. The fraction of sp³-hybridized carbons (Fsp3) is 0.500.